The Morgan fingerprint density at radius 2 is 2.31 bits per heavy atom. The van der Waals surface area contributed by atoms with Gasteiger partial charge in [0.25, 0.3) is 0 Å². The molecule has 1 saturated heterocycles. The Bertz CT molecular complexity index is 280. The molecular weight excluding hydrogens is 202 g/mol. The van der Waals surface area contributed by atoms with E-state index in [9.17, 15) is 4.79 Å². The molecule has 4 heteroatoms. The van der Waals surface area contributed by atoms with Crippen LogP contribution in [0.3, 0.4) is 0 Å². The second-order valence-electron chi connectivity index (χ2n) is 5.01. The summed E-state index contributed by atoms with van der Waals surface area (Å²) in [6.07, 6.45) is 2.78. The van der Waals surface area contributed by atoms with Crippen LogP contribution >= 0.6 is 0 Å². The van der Waals surface area contributed by atoms with Crippen LogP contribution in [0.1, 0.15) is 33.1 Å². The number of carbonyl (C=O) groups excluding carboxylic acids is 1. The van der Waals surface area contributed by atoms with Gasteiger partial charge in [-0.2, -0.15) is 5.26 Å². The van der Waals surface area contributed by atoms with E-state index in [0.29, 0.717) is 6.54 Å². The summed E-state index contributed by atoms with van der Waals surface area (Å²) in [5.41, 5.74) is -0.271. The lowest BCUT2D eigenvalue weighted by Crippen LogP contribution is -2.35. The summed E-state index contributed by atoms with van der Waals surface area (Å²) in [5.74, 6) is 0.187. The normalized spacial score (nSPS) is 18.1. The molecule has 0 unspecified atom stereocenters. The quantitative estimate of drug-likeness (QED) is 0.777. The second-order valence-corrected chi connectivity index (χ2v) is 5.01. The third-order valence-electron chi connectivity index (χ3n) is 2.94. The number of nitrogens with one attached hydrogen (secondary N) is 1. The van der Waals surface area contributed by atoms with E-state index in [2.05, 4.69) is 11.4 Å². The van der Waals surface area contributed by atoms with Crippen LogP contribution in [0.5, 0.6) is 0 Å². The average Bonchev–Trinajstić information content (AvgIpc) is 2.44. The molecule has 90 valence electrons. The highest BCUT2D eigenvalue weighted by Gasteiger charge is 2.19. The highest BCUT2D eigenvalue weighted by atomic mass is 16.2. The van der Waals surface area contributed by atoms with Crippen molar-refractivity contribution < 1.29 is 4.79 Å². The minimum Gasteiger partial charge on any atom is -0.342 e. The van der Waals surface area contributed by atoms with Gasteiger partial charge in [-0.3, -0.25) is 4.79 Å². The van der Waals surface area contributed by atoms with Crippen molar-refractivity contribution in [2.24, 2.45) is 5.41 Å². The van der Waals surface area contributed by atoms with Crippen molar-refractivity contribution >= 4 is 5.91 Å². The van der Waals surface area contributed by atoms with Gasteiger partial charge in [0.15, 0.2) is 0 Å². The minimum absolute atomic E-state index is 0.187. The zero-order chi connectivity index (χ0) is 12.0. The number of nitrogens with zero attached hydrogens (tertiary/aromatic N) is 2. The Kier molecular flexibility index (Phi) is 4.75. The summed E-state index contributed by atoms with van der Waals surface area (Å²) in [6, 6.07) is 2.29. The molecule has 0 saturated carbocycles. The van der Waals surface area contributed by atoms with Gasteiger partial charge in [-0.05, 0) is 39.7 Å². The summed E-state index contributed by atoms with van der Waals surface area (Å²) < 4.78 is 0. The first-order chi connectivity index (χ1) is 7.55. The molecule has 1 amide bonds. The molecule has 1 N–H and O–H groups in total. The third-order valence-corrected chi connectivity index (χ3v) is 2.94. The summed E-state index contributed by atoms with van der Waals surface area (Å²) >= 11 is 0. The van der Waals surface area contributed by atoms with Gasteiger partial charge < -0.3 is 10.2 Å². The summed E-state index contributed by atoms with van der Waals surface area (Å²) in [5, 5.41) is 12.0. The van der Waals surface area contributed by atoms with Crippen LogP contribution in [-0.2, 0) is 4.79 Å². The largest absolute Gasteiger partial charge is 0.342 e. The van der Waals surface area contributed by atoms with E-state index in [1.165, 1.54) is 0 Å². The SMILES string of the molecule is CC(C)(C#N)CCCN1CCCNCC1=O. The van der Waals surface area contributed by atoms with Crippen molar-refractivity contribution in [2.45, 2.75) is 33.1 Å². The van der Waals surface area contributed by atoms with Crippen LogP contribution in [-0.4, -0.2) is 37.0 Å². The molecule has 0 aromatic heterocycles. The zero-order valence-electron chi connectivity index (χ0n) is 10.3. The second kappa shape index (κ2) is 5.86. The maximum atomic E-state index is 11.6. The molecule has 0 aliphatic carbocycles. The fourth-order valence-electron chi connectivity index (χ4n) is 1.83. The highest BCUT2D eigenvalue weighted by Crippen LogP contribution is 2.20. The first kappa shape index (κ1) is 13.0. The molecule has 1 aliphatic rings. The van der Waals surface area contributed by atoms with E-state index in [1.54, 1.807) is 0 Å². The van der Waals surface area contributed by atoms with E-state index in [1.807, 2.05) is 18.7 Å². The number of hydrogen-bond acceptors (Lipinski definition) is 3. The first-order valence-electron chi connectivity index (χ1n) is 5.95. The lowest BCUT2D eigenvalue weighted by molar-refractivity contribution is -0.129. The van der Waals surface area contributed by atoms with Crippen molar-refractivity contribution in [3.63, 3.8) is 0 Å². The van der Waals surface area contributed by atoms with Gasteiger partial charge in [-0.25, -0.2) is 0 Å². The molecule has 16 heavy (non-hydrogen) atoms. The summed E-state index contributed by atoms with van der Waals surface area (Å²) in [4.78, 5) is 13.5. The average molecular weight is 223 g/mol. The molecule has 0 spiro atoms. The summed E-state index contributed by atoms with van der Waals surface area (Å²) in [7, 11) is 0. The van der Waals surface area contributed by atoms with Gasteiger partial charge in [0, 0.05) is 13.1 Å². The van der Waals surface area contributed by atoms with Crippen LogP contribution < -0.4 is 5.32 Å². The molecule has 0 aromatic rings. The molecule has 0 atom stereocenters. The Balaban J connectivity index is 2.31. The van der Waals surface area contributed by atoms with Crippen LogP contribution in [0.2, 0.25) is 0 Å². The standard InChI is InChI=1S/C12H21N3O/c1-12(2,10-13)5-3-7-15-8-4-6-14-9-11(15)16/h14H,3-9H2,1-2H3. The zero-order valence-corrected chi connectivity index (χ0v) is 10.3. The number of hydrogen-bond donors (Lipinski definition) is 1. The number of amides is 1. The molecule has 1 heterocycles. The molecule has 1 aliphatic heterocycles. The van der Waals surface area contributed by atoms with Crippen molar-refractivity contribution in [3.8, 4) is 6.07 Å². The van der Waals surface area contributed by atoms with E-state index < -0.39 is 0 Å². The van der Waals surface area contributed by atoms with Gasteiger partial charge in [0.1, 0.15) is 0 Å². The van der Waals surface area contributed by atoms with Gasteiger partial charge >= 0.3 is 0 Å². The van der Waals surface area contributed by atoms with Crippen molar-refractivity contribution in [1.82, 2.24) is 10.2 Å². The molecule has 4 nitrogen and oxygen atoms in total. The predicted molar refractivity (Wildman–Crippen MR) is 62.7 cm³/mol. The molecule has 0 aromatic carbocycles. The van der Waals surface area contributed by atoms with Crippen molar-refractivity contribution in [3.05, 3.63) is 0 Å². The first-order valence-corrected chi connectivity index (χ1v) is 5.95. The Morgan fingerprint density at radius 1 is 1.56 bits per heavy atom. The highest BCUT2D eigenvalue weighted by molar-refractivity contribution is 5.78. The van der Waals surface area contributed by atoms with Crippen LogP contribution in [0.15, 0.2) is 0 Å². The minimum atomic E-state index is -0.271. The Labute approximate surface area is 97.6 Å². The smallest absolute Gasteiger partial charge is 0.236 e. The molecular formula is C12H21N3O. The lowest BCUT2D eigenvalue weighted by atomic mass is 9.90. The maximum Gasteiger partial charge on any atom is 0.236 e. The van der Waals surface area contributed by atoms with Gasteiger partial charge in [-0.1, -0.05) is 0 Å². The monoisotopic (exact) mass is 223 g/mol. The molecule has 0 radical (unpaired) electrons. The van der Waals surface area contributed by atoms with Crippen molar-refractivity contribution in [1.29, 1.82) is 5.26 Å². The van der Waals surface area contributed by atoms with Crippen LogP contribution in [0.25, 0.3) is 0 Å². The Hall–Kier alpha value is -1.08. The third kappa shape index (κ3) is 4.19. The van der Waals surface area contributed by atoms with Gasteiger partial charge in [0.05, 0.1) is 18.0 Å². The topological polar surface area (TPSA) is 56.1 Å². The van der Waals surface area contributed by atoms with Crippen molar-refractivity contribution in [2.75, 3.05) is 26.2 Å². The molecule has 0 bridgehead atoms. The van der Waals surface area contributed by atoms with Crippen LogP contribution in [0.4, 0.5) is 0 Å². The number of carbonyl (C=O) groups is 1. The fourth-order valence-corrected chi connectivity index (χ4v) is 1.83. The van der Waals surface area contributed by atoms with Gasteiger partial charge in [-0.15, -0.1) is 0 Å². The predicted octanol–water partition coefficient (Wildman–Crippen LogP) is 1.14. The summed E-state index contributed by atoms with van der Waals surface area (Å²) in [6.45, 7) is 6.90. The number of nitriles is 1. The van der Waals surface area contributed by atoms with E-state index in [-0.39, 0.29) is 11.3 Å². The van der Waals surface area contributed by atoms with E-state index in [0.717, 1.165) is 38.9 Å². The Morgan fingerprint density at radius 3 is 3.00 bits per heavy atom. The van der Waals surface area contributed by atoms with Gasteiger partial charge in [0.2, 0.25) is 5.91 Å². The maximum absolute atomic E-state index is 11.6. The molecule has 1 fully saturated rings. The van der Waals surface area contributed by atoms with Crippen LogP contribution in [0, 0.1) is 16.7 Å². The fraction of sp³-hybridized carbons (Fsp3) is 0.833. The number of rotatable bonds is 4. The van der Waals surface area contributed by atoms with E-state index >= 15 is 0 Å². The lowest BCUT2D eigenvalue weighted by Gasteiger charge is -2.22. The molecule has 1 rings (SSSR count). The van der Waals surface area contributed by atoms with E-state index in [4.69, 9.17) is 5.26 Å².